The molecule has 5 aromatic rings. The molecular formula is C31H26FN3O5. The van der Waals surface area contributed by atoms with Crippen LogP contribution in [-0.2, 0) is 0 Å². The van der Waals surface area contributed by atoms with Crippen molar-refractivity contribution in [3.05, 3.63) is 120 Å². The Morgan fingerprint density at radius 3 is 2.38 bits per heavy atom. The Kier molecular flexibility index (Phi) is 7.92. The number of benzene rings is 4. The van der Waals surface area contributed by atoms with Gasteiger partial charge in [-0.3, -0.25) is 14.5 Å². The zero-order valence-electron chi connectivity index (χ0n) is 21.4. The van der Waals surface area contributed by atoms with Gasteiger partial charge in [-0.15, -0.1) is 0 Å². The maximum absolute atomic E-state index is 14.1. The summed E-state index contributed by atoms with van der Waals surface area (Å²) in [7, 11) is 0. The fourth-order valence-corrected chi connectivity index (χ4v) is 3.96. The van der Waals surface area contributed by atoms with Gasteiger partial charge in [0.1, 0.15) is 17.9 Å². The van der Waals surface area contributed by atoms with E-state index in [0.29, 0.717) is 28.3 Å². The molecule has 0 spiro atoms. The van der Waals surface area contributed by atoms with Crippen molar-refractivity contribution in [2.24, 2.45) is 0 Å². The largest absolute Gasteiger partial charge is 0.492 e. The van der Waals surface area contributed by atoms with Crippen LogP contribution in [0.2, 0.25) is 0 Å². The fraction of sp³-hybridized carbons (Fsp3) is 0.0968. The van der Waals surface area contributed by atoms with Crippen LogP contribution >= 0.6 is 0 Å². The number of nitrogen functional groups attached to an aromatic ring is 1. The minimum Gasteiger partial charge on any atom is -0.492 e. The van der Waals surface area contributed by atoms with Crippen molar-refractivity contribution in [2.45, 2.75) is 0 Å². The number of amides is 2. The van der Waals surface area contributed by atoms with Crippen molar-refractivity contribution >= 4 is 34.2 Å². The average Bonchev–Trinajstić information content (AvgIpc) is 3.41. The smallest absolute Gasteiger partial charge is 0.292 e. The van der Waals surface area contributed by atoms with Crippen molar-refractivity contribution in [1.29, 1.82) is 0 Å². The summed E-state index contributed by atoms with van der Waals surface area (Å²) in [6, 6.07) is 28.5. The third-order valence-corrected chi connectivity index (χ3v) is 6.09. The normalized spacial score (nSPS) is 10.7. The van der Waals surface area contributed by atoms with E-state index < -0.39 is 11.7 Å². The van der Waals surface area contributed by atoms with Crippen molar-refractivity contribution in [2.75, 3.05) is 30.9 Å². The fourth-order valence-electron chi connectivity index (χ4n) is 3.96. The highest BCUT2D eigenvalue weighted by Gasteiger charge is 2.21. The number of fused-ring (bicyclic) bond motifs is 1. The van der Waals surface area contributed by atoms with Crippen LogP contribution in [-0.4, -0.2) is 36.6 Å². The molecule has 0 bridgehead atoms. The molecule has 0 aliphatic heterocycles. The van der Waals surface area contributed by atoms with E-state index in [2.05, 4.69) is 5.32 Å². The summed E-state index contributed by atoms with van der Waals surface area (Å²) in [6.07, 6.45) is 0. The zero-order chi connectivity index (χ0) is 27.9. The minimum atomic E-state index is -0.533. The quantitative estimate of drug-likeness (QED) is 0.167. The van der Waals surface area contributed by atoms with E-state index in [1.54, 1.807) is 72.8 Å². The summed E-state index contributed by atoms with van der Waals surface area (Å²) >= 11 is 0. The van der Waals surface area contributed by atoms with Crippen LogP contribution in [0.25, 0.3) is 11.0 Å². The summed E-state index contributed by atoms with van der Waals surface area (Å²) in [5.74, 6) is -0.610. The lowest BCUT2D eigenvalue weighted by atomic mass is 10.2. The predicted molar refractivity (Wildman–Crippen MR) is 150 cm³/mol. The molecule has 9 heteroatoms. The van der Waals surface area contributed by atoms with E-state index in [1.165, 1.54) is 17.0 Å². The second-order valence-electron chi connectivity index (χ2n) is 8.84. The van der Waals surface area contributed by atoms with Crippen LogP contribution in [0.1, 0.15) is 20.9 Å². The Morgan fingerprint density at radius 1 is 0.875 bits per heavy atom. The van der Waals surface area contributed by atoms with Gasteiger partial charge in [0.05, 0.1) is 17.9 Å². The van der Waals surface area contributed by atoms with Gasteiger partial charge in [0.15, 0.2) is 24.1 Å². The highest BCUT2D eigenvalue weighted by Crippen LogP contribution is 2.22. The number of para-hydroxylation sites is 4. The van der Waals surface area contributed by atoms with Crippen molar-refractivity contribution in [3.8, 4) is 11.5 Å². The number of rotatable bonds is 10. The third kappa shape index (κ3) is 6.21. The van der Waals surface area contributed by atoms with Crippen molar-refractivity contribution in [1.82, 2.24) is 4.90 Å². The molecule has 2 amide bonds. The molecule has 0 saturated carbocycles. The number of hydrogen-bond donors (Lipinski definition) is 2. The van der Waals surface area contributed by atoms with Gasteiger partial charge in [-0.25, -0.2) is 4.39 Å². The van der Waals surface area contributed by atoms with Gasteiger partial charge in [-0.05, 0) is 60.7 Å². The van der Waals surface area contributed by atoms with Gasteiger partial charge in [0.2, 0.25) is 0 Å². The lowest BCUT2D eigenvalue weighted by Crippen LogP contribution is -2.37. The number of hydrogen-bond acceptors (Lipinski definition) is 6. The first-order valence-corrected chi connectivity index (χ1v) is 12.5. The van der Waals surface area contributed by atoms with Gasteiger partial charge in [-0.1, -0.05) is 42.5 Å². The monoisotopic (exact) mass is 539 g/mol. The molecule has 0 saturated heterocycles. The number of halogens is 1. The first kappa shape index (κ1) is 26.3. The summed E-state index contributed by atoms with van der Waals surface area (Å²) in [5.41, 5.74) is 7.90. The summed E-state index contributed by atoms with van der Waals surface area (Å²) in [6.45, 7) is 0.0143. The SMILES string of the molecule is Nc1ccccc1NC(=O)c1ccc(OCCN(COc2ccccc2F)C(=O)c2cc3ccccc3o2)cc1. The minimum absolute atomic E-state index is 0.0250. The number of carbonyl (C=O) groups is 2. The van der Waals surface area contributed by atoms with Crippen LogP contribution in [0, 0.1) is 5.82 Å². The molecule has 0 unspecified atom stereocenters. The van der Waals surface area contributed by atoms with Crippen molar-refractivity contribution in [3.63, 3.8) is 0 Å². The number of nitrogens with zero attached hydrogens (tertiary/aromatic N) is 1. The number of anilines is 2. The van der Waals surface area contributed by atoms with Crippen LogP contribution < -0.4 is 20.5 Å². The molecule has 8 nitrogen and oxygen atoms in total. The summed E-state index contributed by atoms with van der Waals surface area (Å²) in [5, 5.41) is 3.56. The van der Waals surface area contributed by atoms with Crippen LogP contribution in [0.15, 0.2) is 108 Å². The molecule has 0 aliphatic rings. The van der Waals surface area contributed by atoms with E-state index in [9.17, 15) is 14.0 Å². The Hall–Kier alpha value is -5.31. The van der Waals surface area contributed by atoms with E-state index in [0.717, 1.165) is 5.39 Å². The third-order valence-electron chi connectivity index (χ3n) is 6.09. The Labute approximate surface area is 229 Å². The predicted octanol–water partition coefficient (Wildman–Crippen LogP) is 5.96. The molecule has 202 valence electrons. The van der Waals surface area contributed by atoms with Crippen LogP contribution in [0.3, 0.4) is 0 Å². The molecule has 1 aromatic heterocycles. The topological polar surface area (TPSA) is 107 Å². The lowest BCUT2D eigenvalue weighted by molar-refractivity contribution is 0.0524. The standard InChI is InChI=1S/C31H26FN3O5/c32-24-8-2-6-12-28(24)39-20-35(31(37)29-19-22-7-1-5-11-27(22)40-29)17-18-38-23-15-13-21(14-16-23)30(36)34-26-10-4-3-9-25(26)33/h1-16,19H,17-18,20,33H2,(H,34,36). The molecule has 0 radical (unpaired) electrons. The molecule has 3 N–H and O–H groups in total. The van der Waals surface area contributed by atoms with Gasteiger partial charge in [0.25, 0.3) is 11.8 Å². The number of ether oxygens (including phenoxy) is 2. The molecule has 0 atom stereocenters. The Morgan fingerprint density at radius 2 is 1.60 bits per heavy atom. The Bertz CT molecular complexity index is 1600. The highest BCUT2D eigenvalue weighted by molar-refractivity contribution is 6.05. The van der Waals surface area contributed by atoms with Gasteiger partial charge in [0, 0.05) is 10.9 Å². The molecule has 1 heterocycles. The van der Waals surface area contributed by atoms with Crippen LogP contribution in [0.5, 0.6) is 11.5 Å². The average molecular weight is 540 g/mol. The summed E-state index contributed by atoms with van der Waals surface area (Å²) < 4.78 is 31.3. The summed E-state index contributed by atoms with van der Waals surface area (Å²) in [4.78, 5) is 27.2. The van der Waals surface area contributed by atoms with E-state index >= 15 is 0 Å². The maximum atomic E-state index is 14.1. The molecule has 0 fully saturated rings. The number of nitrogens with one attached hydrogen (secondary N) is 1. The Balaban J connectivity index is 1.23. The van der Waals surface area contributed by atoms with E-state index in [1.807, 2.05) is 18.2 Å². The molecular weight excluding hydrogens is 513 g/mol. The first-order chi connectivity index (χ1) is 19.5. The zero-order valence-corrected chi connectivity index (χ0v) is 21.4. The second-order valence-corrected chi connectivity index (χ2v) is 8.84. The van der Waals surface area contributed by atoms with Gasteiger partial charge in [-0.2, -0.15) is 0 Å². The number of furan rings is 1. The molecule has 0 aliphatic carbocycles. The van der Waals surface area contributed by atoms with E-state index in [4.69, 9.17) is 19.6 Å². The van der Waals surface area contributed by atoms with Crippen molar-refractivity contribution < 1.29 is 27.9 Å². The maximum Gasteiger partial charge on any atom is 0.292 e. The van der Waals surface area contributed by atoms with Gasteiger partial charge >= 0.3 is 0 Å². The van der Waals surface area contributed by atoms with Gasteiger partial charge < -0.3 is 24.9 Å². The number of nitrogens with two attached hydrogens (primary N) is 1. The lowest BCUT2D eigenvalue weighted by Gasteiger charge is -2.22. The molecule has 40 heavy (non-hydrogen) atoms. The molecule has 5 rings (SSSR count). The molecule has 4 aromatic carbocycles. The second kappa shape index (κ2) is 12.0. The highest BCUT2D eigenvalue weighted by atomic mass is 19.1. The first-order valence-electron chi connectivity index (χ1n) is 12.5. The number of carbonyl (C=O) groups excluding carboxylic acids is 2. The van der Waals surface area contributed by atoms with E-state index in [-0.39, 0.29) is 37.3 Å². The van der Waals surface area contributed by atoms with Crippen LogP contribution in [0.4, 0.5) is 15.8 Å².